The van der Waals surface area contributed by atoms with Crippen molar-refractivity contribution in [3.63, 3.8) is 0 Å². The van der Waals surface area contributed by atoms with E-state index < -0.39 is 0 Å². The standard InChI is InChI=1S/C11H24ClN/c1-4-5-6-7-8-13-11(3)10(2)9-12/h10-11,13H,4-9H2,1-3H3. The first kappa shape index (κ1) is 13.2. The molecule has 0 amide bonds. The van der Waals surface area contributed by atoms with Gasteiger partial charge in [0, 0.05) is 11.9 Å². The monoisotopic (exact) mass is 205 g/mol. The Balaban J connectivity index is 3.21. The van der Waals surface area contributed by atoms with Crippen molar-refractivity contribution in [2.75, 3.05) is 12.4 Å². The minimum atomic E-state index is 0.555. The van der Waals surface area contributed by atoms with Crippen LogP contribution in [0, 0.1) is 5.92 Å². The second-order valence-electron chi connectivity index (χ2n) is 3.94. The maximum Gasteiger partial charge on any atom is 0.0263 e. The third-order valence-electron chi connectivity index (χ3n) is 2.59. The highest BCUT2D eigenvalue weighted by atomic mass is 35.5. The van der Waals surface area contributed by atoms with Gasteiger partial charge in [-0.25, -0.2) is 0 Å². The van der Waals surface area contributed by atoms with E-state index in [1.807, 2.05) is 0 Å². The predicted octanol–water partition coefficient (Wildman–Crippen LogP) is 3.42. The Hall–Kier alpha value is 0.250. The molecular weight excluding hydrogens is 182 g/mol. The SMILES string of the molecule is CCCCCCNC(C)C(C)CCl. The van der Waals surface area contributed by atoms with Gasteiger partial charge >= 0.3 is 0 Å². The van der Waals surface area contributed by atoms with E-state index >= 15 is 0 Å². The summed E-state index contributed by atoms with van der Waals surface area (Å²) >= 11 is 5.77. The fraction of sp³-hybridized carbons (Fsp3) is 1.00. The van der Waals surface area contributed by atoms with Crippen LogP contribution in [0.3, 0.4) is 0 Å². The van der Waals surface area contributed by atoms with Crippen molar-refractivity contribution in [1.82, 2.24) is 5.32 Å². The van der Waals surface area contributed by atoms with Crippen LogP contribution in [0.5, 0.6) is 0 Å². The summed E-state index contributed by atoms with van der Waals surface area (Å²) in [5.74, 6) is 1.33. The molecule has 0 spiro atoms. The Morgan fingerprint density at radius 3 is 2.38 bits per heavy atom. The largest absolute Gasteiger partial charge is 0.314 e. The molecule has 0 aliphatic rings. The Bertz CT molecular complexity index is 106. The summed E-state index contributed by atoms with van der Waals surface area (Å²) in [6.07, 6.45) is 5.33. The van der Waals surface area contributed by atoms with Gasteiger partial charge in [-0.3, -0.25) is 0 Å². The molecule has 0 saturated heterocycles. The quantitative estimate of drug-likeness (QED) is 0.473. The molecule has 2 atom stereocenters. The van der Waals surface area contributed by atoms with Gasteiger partial charge in [0.25, 0.3) is 0 Å². The molecule has 0 aliphatic heterocycles. The molecule has 1 nitrogen and oxygen atoms in total. The summed E-state index contributed by atoms with van der Waals surface area (Å²) in [5.41, 5.74) is 0. The van der Waals surface area contributed by atoms with E-state index in [0.717, 1.165) is 12.4 Å². The molecule has 0 fully saturated rings. The molecule has 2 unspecified atom stereocenters. The van der Waals surface area contributed by atoms with E-state index in [0.29, 0.717) is 12.0 Å². The van der Waals surface area contributed by atoms with Crippen molar-refractivity contribution in [3.05, 3.63) is 0 Å². The van der Waals surface area contributed by atoms with E-state index in [1.54, 1.807) is 0 Å². The first-order chi connectivity index (χ1) is 6.22. The third-order valence-corrected chi connectivity index (χ3v) is 3.08. The van der Waals surface area contributed by atoms with Gasteiger partial charge < -0.3 is 5.32 Å². The molecule has 0 heterocycles. The topological polar surface area (TPSA) is 12.0 Å². The van der Waals surface area contributed by atoms with E-state index in [9.17, 15) is 0 Å². The summed E-state index contributed by atoms with van der Waals surface area (Å²) < 4.78 is 0. The van der Waals surface area contributed by atoms with Crippen LogP contribution in [0.2, 0.25) is 0 Å². The van der Waals surface area contributed by atoms with Crippen LogP contribution in [0.15, 0.2) is 0 Å². The second kappa shape index (κ2) is 8.83. The number of hydrogen-bond acceptors (Lipinski definition) is 1. The molecule has 0 aromatic heterocycles. The highest BCUT2D eigenvalue weighted by Gasteiger charge is 2.08. The van der Waals surface area contributed by atoms with Crippen LogP contribution >= 0.6 is 11.6 Å². The fourth-order valence-electron chi connectivity index (χ4n) is 1.22. The van der Waals surface area contributed by atoms with Gasteiger partial charge in [0.1, 0.15) is 0 Å². The molecular formula is C11H24ClN. The fourth-order valence-corrected chi connectivity index (χ4v) is 1.48. The van der Waals surface area contributed by atoms with E-state index in [-0.39, 0.29) is 0 Å². The lowest BCUT2D eigenvalue weighted by Crippen LogP contribution is -2.33. The van der Waals surface area contributed by atoms with Crippen molar-refractivity contribution in [3.8, 4) is 0 Å². The summed E-state index contributed by atoms with van der Waals surface area (Å²) in [5, 5.41) is 3.51. The Labute approximate surface area is 88.2 Å². The Morgan fingerprint density at radius 2 is 1.85 bits per heavy atom. The summed E-state index contributed by atoms with van der Waals surface area (Å²) in [4.78, 5) is 0. The molecule has 0 bridgehead atoms. The van der Waals surface area contributed by atoms with Crippen LogP contribution in [0.4, 0.5) is 0 Å². The Kier molecular flexibility index (Phi) is 9.00. The van der Waals surface area contributed by atoms with Crippen LogP contribution in [0.25, 0.3) is 0 Å². The maximum absolute atomic E-state index is 5.77. The zero-order valence-electron chi connectivity index (χ0n) is 9.28. The van der Waals surface area contributed by atoms with Gasteiger partial charge in [-0.1, -0.05) is 33.1 Å². The average molecular weight is 206 g/mol. The third kappa shape index (κ3) is 7.33. The van der Waals surface area contributed by atoms with Gasteiger partial charge in [-0.15, -0.1) is 11.6 Å². The lowest BCUT2D eigenvalue weighted by molar-refractivity contribution is 0.423. The molecule has 2 heteroatoms. The second-order valence-corrected chi connectivity index (χ2v) is 4.24. The van der Waals surface area contributed by atoms with Gasteiger partial charge in [0.15, 0.2) is 0 Å². The summed E-state index contributed by atoms with van der Waals surface area (Å²) in [7, 11) is 0. The van der Waals surface area contributed by atoms with Crippen molar-refractivity contribution in [1.29, 1.82) is 0 Å². The lowest BCUT2D eigenvalue weighted by Gasteiger charge is -2.18. The van der Waals surface area contributed by atoms with Gasteiger partial charge in [-0.05, 0) is 25.8 Å². The number of alkyl halides is 1. The number of hydrogen-bond donors (Lipinski definition) is 1. The molecule has 1 N–H and O–H groups in total. The van der Waals surface area contributed by atoms with E-state index in [1.165, 1.54) is 25.7 Å². The van der Waals surface area contributed by atoms with E-state index in [4.69, 9.17) is 11.6 Å². The first-order valence-corrected chi connectivity index (χ1v) is 6.05. The molecule has 0 aromatic rings. The smallest absolute Gasteiger partial charge is 0.0263 e. The van der Waals surface area contributed by atoms with E-state index in [2.05, 4.69) is 26.1 Å². The molecule has 13 heavy (non-hydrogen) atoms. The first-order valence-electron chi connectivity index (χ1n) is 5.51. The molecule has 0 rings (SSSR count). The zero-order chi connectivity index (χ0) is 10.1. The molecule has 0 aliphatic carbocycles. The van der Waals surface area contributed by atoms with Gasteiger partial charge in [0.05, 0.1) is 0 Å². The van der Waals surface area contributed by atoms with Crippen molar-refractivity contribution < 1.29 is 0 Å². The number of rotatable bonds is 8. The molecule has 0 radical (unpaired) electrons. The number of halogens is 1. The average Bonchev–Trinajstić information content (AvgIpc) is 2.16. The molecule has 0 saturated carbocycles. The lowest BCUT2D eigenvalue weighted by atomic mass is 10.1. The van der Waals surface area contributed by atoms with Crippen molar-refractivity contribution in [2.45, 2.75) is 52.5 Å². The van der Waals surface area contributed by atoms with Crippen LogP contribution < -0.4 is 5.32 Å². The number of unbranched alkanes of at least 4 members (excludes halogenated alkanes) is 3. The minimum absolute atomic E-state index is 0.555. The highest BCUT2D eigenvalue weighted by molar-refractivity contribution is 6.18. The van der Waals surface area contributed by atoms with Gasteiger partial charge in [-0.2, -0.15) is 0 Å². The number of nitrogens with one attached hydrogen (secondary N) is 1. The van der Waals surface area contributed by atoms with Gasteiger partial charge in [0.2, 0.25) is 0 Å². The van der Waals surface area contributed by atoms with Crippen LogP contribution in [-0.4, -0.2) is 18.5 Å². The highest BCUT2D eigenvalue weighted by Crippen LogP contribution is 2.05. The zero-order valence-corrected chi connectivity index (χ0v) is 10.0. The van der Waals surface area contributed by atoms with Crippen molar-refractivity contribution >= 4 is 11.6 Å². The Morgan fingerprint density at radius 1 is 1.15 bits per heavy atom. The van der Waals surface area contributed by atoms with Crippen LogP contribution in [-0.2, 0) is 0 Å². The summed E-state index contributed by atoms with van der Waals surface area (Å²) in [6, 6.07) is 0.555. The summed E-state index contributed by atoms with van der Waals surface area (Å²) in [6.45, 7) is 7.79. The van der Waals surface area contributed by atoms with Crippen LogP contribution in [0.1, 0.15) is 46.5 Å². The molecule has 80 valence electrons. The molecule has 0 aromatic carbocycles. The predicted molar refractivity (Wildman–Crippen MR) is 61.5 cm³/mol. The maximum atomic E-state index is 5.77. The normalized spacial score (nSPS) is 15.7. The van der Waals surface area contributed by atoms with Crippen molar-refractivity contribution in [2.24, 2.45) is 5.92 Å². The minimum Gasteiger partial charge on any atom is -0.314 e.